The Morgan fingerprint density at radius 2 is 1.96 bits per heavy atom. The minimum Gasteiger partial charge on any atom is -0.350 e. The van der Waals surface area contributed by atoms with Gasteiger partial charge in [0.25, 0.3) is 0 Å². The van der Waals surface area contributed by atoms with E-state index in [1.54, 1.807) is 6.07 Å². The maximum absolute atomic E-state index is 11.8. The van der Waals surface area contributed by atoms with Crippen LogP contribution in [0.5, 0.6) is 0 Å². The third-order valence-corrected chi connectivity index (χ3v) is 5.02. The number of thioether (sulfide) groups is 1. The smallest absolute Gasteiger partial charge is 0.234 e. The predicted molar refractivity (Wildman–Crippen MR) is 98.3 cm³/mol. The van der Waals surface area contributed by atoms with Crippen LogP contribution in [0.25, 0.3) is 0 Å². The quantitative estimate of drug-likeness (QED) is 0.783. The van der Waals surface area contributed by atoms with Crippen LogP contribution in [-0.2, 0) is 16.1 Å². The number of rotatable bonds is 7. The number of halogens is 1. The van der Waals surface area contributed by atoms with Gasteiger partial charge in [0.2, 0.25) is 11.8 Å². The molecule has 122 valence electrons. The van der Waals surface area contributed by atoms with E-state index in [9.17, 15) is 9.59 Å². The number of nitrogens with one attached hydrogen (secondary N) is 2. The van der Waals surface area contributed by atoms with Gasteiger partial charge in [0.05, 0.1) is 22.4 Å². The lowest BCUT2D eigenvalue weighted by Crippen LogP contribution is -2.25. The molecule has 23 heavy (non-hydrogen) atoms. The largest absolute Gasteiger partial charge is 0.350 e. The molecule has 2 N–H and O–H groups in total. The van der Waals surface area contributed by atoms with E-state index in [1.165, 1.54) is 23.1 Å². The summed E-state index contributed by atoms with van der Waals surface area (Å²) in [4.78, 5) is 24.5. The second kappa shape index (κ2) is 8.96. The van der Waals surface area contributed by atoms with Crippen LogP contribution in [0.2, 0.25) is 4.34 Å². The average molecular weight is 369 g/mol. The van der Waals surface area contributed by atoms with Crippen molar-refractivity contribution in [1.82, 2.24) is 5.32 Å². The molecule has 7 heteroatoms. The summed E-state index contributed by atoms with van der Waals surface area (Å²) in [6, 6.07) is 11.3. The van der Waals surface area contributed by atoms with Gasteiger partial charge in [0.1, 0.15) is 0 Å². The first kappa shape index (κ1) is 17.8. The van der Waals surface area contributed by atoms with E-state index >= 15 is 0 Å². The maximum atomic E-state index is 11.8. The number of benzene rings is 1. The Bertz CT molecular complexity index is 688. The highest BCUT2D eigenvalue weighted by molar-refractivity contribution is 8.00. The SMILES string of the molecule is Cc1cccc(NC(=O)CSCC(=O)NCc2ccc(Cl)s2)c1. The van der Waals surface area contributed by atoms with Crippen molar-refractivity contribution in [3.05, 3.63) is 51.2 Å². The number of carbonyl (C=O) groups is 2. The van der Waals surface area contributed by atoms with E-state index in [1.807, 2.05) is 37.3 Å². The minimum absolute atomic E-state index is 0.0946. The summed E-state index contributed by atoms with van der Waals surface area (Å²) in [5.41, 5.74) is 1.86. The van der Waals surface area contributed by atoms with Gasteiger partial charge in [-0.1, -0.05) is 23.7 Å². The molecule has 0 aliphatic heterocycles. The van der Waals surface area contributed by atoms with Crippen molar-refractivity contribution >= 4 is 52.2 Å². The van der Waals surface area contributed by atoms with Crippen LogP contribution in [0.1, 0.15) is 10.4 Å². The van der Waals surface area contributed by atoms with Crippen molar-refractivity contribution in [1.29, 1.82) is 0 Å². The molecule has 0 radical (unpaired) electrons. The summed E-state index contributed by atoms with van der Waals surface area (Å²) in [5.74, 6) is 0.285. The molecule has 0 aliphatic rings. The van der Waals surface area contributed by atoms with Gasteiger partial charge in [-0.3, -0.25) is 9.59 Å². The molecular weight excluding hydrogens is 352 g/mol. The van der Waals surface area contributed by atoms with E-state index in [2.05, 4.69) is 10.6 Å². The number of carbonyl (C=O) groups excluding carboxylic acids is 2. The Morgan fingerprint density at radius 3 is 2.65 bits per heavy atom. The van der Waals surface area contributed by atoms with E-state index in [0.717, 1.165) is 16.1 Å². The molecule has 0 fully saturated rings. The zero-order valence-corrected chi connectivity index (χ0v) is 15.0. The van der Waals surface area contributed by atoms with Gasteiger partial charge in [0, 0.05) is 10.6 Å². The van der Waals surface area contributed by atoms with Gasteiger partial charge in [0.15, 0.2) is 0 Å². The highest BCUT2D eigenvalue weighted by atomic mass is 35.5. The van der Waals surface area contributed by atoms with Gasteiger partial charge in [-0.15, -0.1) is 23.1 Å². The zero-order chi connectivity index (χ0) is 16.7. The molecule has 2 rings (SSSR count). The lowest BCUT2D eigenvalue weighted by Gasteiger charge is -2.06. The number of amides is 2. The fourth-order valence-electron chi connectivity index (χ4n) is 1.84. The number of anilines is 1. The predicted octanol–water partition coefficient (Wildman–Crippen LogP) is 3.70. The molecule has 2 amide bonds. The Morgan fingerprint density at radius 1 is 1.17 bits per heavy atom. The van der Waals surface area contributed by atoms with Crippen molar-refractivity contribution in [3.8, 4) is 0 Å². The number of hydrogen-bond donors (Lipinski definition) is 2. The topological polar surface area (TPSA) is 58.2 Å². The first-order valence-corrected chi connectivity index (χ1v) is 9.33. The molecule has 0 aliphatic carbocycles. The average Bonchev–Trinajstić information content (AvgIpc) is 2.91. The Kier molecular flexibility index (Phi) is 6.95. The second-order valence-electron chi connectivity index (χ2n) is 4.89. The summed E-state index contributed by atoms with van der Waals surface area (Å²) in [6.07, 6.45) is 0. The van der Waals surface area contributed by atoms with Crippen LogP contribution in [0.4, 0.5) is 5.69 Å². The third kappa shape index (κ3) is 6.64. The van der Waals surface area contributed by atoms with Crippen LogP contribution < -0.4 is 10.6 Å². The Labute approximate surface area is 148 Å². The van der Waals surface area contributed by atoms with Crippen molar-refractivity contribution in [2.24, 2.45) is 0 Å². The van der Waals surface area contributed by atoms with E-state index in [-0.39, 0.29) is 23.3 Å². The second-order valence-corrected chi connectivity index (χ2v) is 7.68. The summed E-state index contributed by atoms with van der Waals surface area (Å²) in [7, 11) is 0. The highest BCUT2D eigenvalue weighted by Gasteiger charge is 2.07. The number of thiophene rings is 1. The molecule has 0 saturated heterocycles. The minimum atomic E-state index is -0.113. The van der Waals surface area contributed by atoms with Gasteiger partial charge < -0.3 is 10.6 Å². The Hall–Kier alpha value is -1.50. The van der Waals surface area contributed by atoms with Crippen LogP contribution >= 0.6 is 34.7 Å². The van der Waals surface area contributed by atoms with Crippen LogP contribution in [0.15, 0.2) is 36.4 Å². The van der Waals surface area contributed by atoms with Crippen LogP contribution in [-0.4, -0.2) is 23.3 Å². The fourth-order valence-corrected chi connectivity index (χ4v) is 3.51. The number of aryl methyl sites for hydroxylation is 1. The molecule has 0 spiro atoms. The first-order valence-electron chi connectivity index (χ1n) is 6.98. The van der Waals surface area contributed by atoms with Crippen LogP contribution in [0, 0.1) is 6.92 Å². The zero-order valence-electron chi connectivity index (χ0n) is 12.6. The summed E-state index contributed by atoms with van der Waals surface area (Å²) in [5, 5.41) is 5.62. The standard InChI is InChI=1S/C16H17ClN2O2S2/c1-11-3-2-4-12(7-11)19-16(21)10-22-9-15(20)18-8-13-5-6-14(17)23-13/h2-7H,8-10H2,1H3,(H,18,20)(H,19,21). The maximum Gasteiger partial charge on any atom is 0.234 e. The molecule has 1 aromatic carbocycles. The normalized spacial score (nSPS) is 10.3. The summed E-state index contributed by atoms with van der Waals surface area (Å²) in [6.45, 7) is 2.43. The molecule has 2 aromatic rings. The first-order chi connectivity index (χ1) is 11.0. The third-order valence-electron chi connectivity index (χ3n) is 2.86. The monoisotopic (exact) mass is 368 g/mol. The van der Waals surface area contributed by atoms with Crippen molar-refractivity contribution in [2.45, 2.75) is 13.5 Å². The van der Waals surface area contributed by atoms with E-state index in [0.29, 0.717) is 10.9 Å². The molecule has 1 aromatic heterocycles. The summed E-state index contributed by atoms with van der Waals surface area (Å²) < 4.78 is 0.705. The van der Waals surface area contributed by atoms with Gasteiger partial charge in [-0.05, 0) is 36.8 Å². The van der Waals surface area contributed by atoms with Gasteiger partial charge >= 0.3 is 0 Å². The molecular formula is C16H17ClN2O2S2. The Balaban J connectivity index is 1.64. The molecule has 0 bridgehead atoms. The summed E-state index contributed by atoms with van der Waals surface area (Å²) >= 11 is 8.55. The van der Waals surface area contributed by atoms with Crippen molar-refractivity contribution in [3.63, 3.8) is 0 Å². The molecule has 0 unspecified atom stereocenters. The van der Waals surface area contributed by atoms with Gasteiger partial charge in [-0.25, -0.2) is 0 Å². The number of hydrogen-bond acceptors (Lipinski definition) is 4. The van der Waals surface area contributed by atoms with Crippen molar-refractivity contribution < 1.29 is 9.59 Å². The van der Waals surface area contributed by atoms with Crippen molar-refractivity contribution in [2.75, 3.05) is 16.8 Å². The molecule has 0 atom stereocenters. The molecule has 0 saturated carbocycles. The van der Waals surface area contributed by atoms with E-state index in [4.69, 9.17) is 11.6 Å². The lowest BCUT2D eigenvalue weighted by molar-refractivity contribution is -0.118. The fraction of sp³-hybridized carbons (Fsp3) is 0.250. The highest BCUT2D eigenvalue weighted by Crippen LogP contribution is 2.21. The van der Waals surface area contributed by atoms with Crippen LogP contribution in [0.3, 0.4) is 0 Å². The lowest BCUT2D eigenvalue weighted by atomic mass is 10.2. The molecule has 1 heterocycles. The van der Waals surface area contributed by atoms with E-state index < -0.39 is 0 Å². The molecule has 4 nitrogen and oxygen atoms in total. The van der Waals surface area contributed by atoms with Gasteiger partial charge in [-0.2, -0.15) is 0 Å².